The van der Waals surface area contributed by atoms with Gasteiger partial charge in [0.2, 0.25) is 0 Å². The minimum Gasteiger partial charge on any atom is -0.457 e. The van der Waals surface area contributed by atoms with Gasteiger partial charge in [-0.1, -0.05) is 30.3 Å². The van der Waals surface area contributed by atoms with Crippen LogP contribution in [0, 0.1) is 5.92 Å². The summed E-state index contributed by atoms with van der Waals surface area (Å²) < 4.78 is 5.84. The lowest BCUT2D eigenvalue weighted by atomic mass is 10.1. The van der Waals surface area contributed by atoms with Crippen LogP contribution in [0.15, 0.2) is 54.6 Å². The Morgan fingerprint density at radius 1 is 1.05 bits per heavy atom. The number of hydrogen-bond acceptors (Lipinski definition) is 4. The summed E-state index contributed by atoms with van der Waals surface area (Å²) in [5.41, 5.74) is 1.17. The van der Waals surface area contributed by atoms with Crippen LogP contribution in [0.4, 0.5) is 0 Å². The number of aliphatic hydroxyl groups excluding tert-OH is 1. The first-order valence-corrected chi connectivity index (χ1v) is 7.72. The van der Waals surface area contributed by atoms with E-state index in [0.29, 0.717) is 12.5 Å². The van der Waals surface area contributed by atoms with Crippen LogP contribution < -0.4 is 15.4 Å². The number of para-hydroxylation sites is 1. The summed E-state index contributed by atoms with van der Waals surface area (Å²) in [6.45, 7) is 3.17. The van der Waals surface area contributed by atoms with Gasteiger partial charge in [-0.05, 0) is 29.8 Å². The van der Waals surface area contributed by atoms with Crippen molar-refractivity contribution in [2.75, 3.05) is 19.6 Å². The number of ether oxygens (including phenoxy) is 1. The predicted molar refractivity (Wildman–Crippen MR) is 87.0 cm³/mol. The van der Waals surface area contributed by atoms with Crippen molar-refractivity contribution in [2.24, 2.45) is 5.92 Å². The van der Waals surface area contributed by atoms with Crippen molar-refractivity contribution in [3.8, 4) is 11.5 Å². The monoisotopic (exact) mass is 298 g/mol. The van der Waals surface area contributed by atoms with Gasteiger partial charge in [-0.25, -0.2) is 0 Å². The molecule has 0 radical (unpaired) electrons. The largest absolute Gasteiger partial charge is 0.457 e. The van der Waals surface area contributed by atoms with Crippen LogP contribution in [0.25, 0.3) is 0 Å². The lowest BCUT2D eigenvalue weighted by molar-refractivity contribution is 0.146. The fraction of sp³-hybridized carbons (Fsp3) is 0.333. The van der Waals surface area contributed by atoms with Gasteiger partial charge in [-0.2, -0.15) is 0 Å². The third-order valence-electron chi connectivity index (χ3n) is 3.92. The van der Waals surface area contributed by atoms with Crippen LogP contribution in [-0.4, -0.2) is 30.8 Å². The van der Waals surface area contributed by atoms with Gasteiger partial charge in [0.1, 0.15) is 11.5 Å². The number of benzene rings is 2. The highest BCUT2D eigenvalue weighted by molar-refractivity contribution is 5.33. The van der Waals surface area contributed by atoms with Crippen molar-refractivity contribution in [3.05, 3.63) is 60.2 Å². The van der Waals surface area contributed by atoms with E-state index >= 15 is 0 Å². The van der Waals surface area contributed by atoms with E-state index in [1.165, 1.54) is 5.56 Å². The van der Waals surface area contributed by atoms with Crippen molar-refractivity contribution in [3.63, 3.8) is 0 Å². The van der Waals surface area contributed by atoms with Crippen LogP contribution in [0.5, 0.6) is 11.5 Å². The maximum Gasteiger partial charge on any atom is 0.127 e. The molecule has 1 fully saturated rings. The molecule has 4 nitrogen and oxygen atoms in total. The Morgan fingerprint density at radius 2 is 1.86 bits per heavy atom. The van der Waals surface area contributed by atoms with Crippen molar-refractivity contribution < 1.29 is 9.84 Å². The highest BCUT2D eigenvalue weighted by Crippen LogP contribution is 2.21. The molecule has 0 spiro atoms. The second-order valence-corrected chi connectivity index (χ2v) is 5.68. The minimum atomic E-state index is -0.236. The average molecular weight is 298 g/mol. The topological polar surface area (TPSA) is 53.5 Å². The van der Waals surface area contributed by atoms with Crippen molar-refractivity contribution >= 4 is 0 Å². The Labute approximate surface area is 131 Å². The highest BCUT2D eigenvalue weighted by atomic mass is 16.5. The first-order chi connectivity index (χ1) is 10.8. The van der Waals surface area contributed by atoms with Gasteiger partial charge >= 0.3 is 0 Å². The summed E-state index contributed by atoms with van der Waals surface area (Å²) in [5, 5.41) is 16.4. The molecule has 1 heterocycles. The first kappa shape index (κ1) is 15.0. The molecular weight excluding hydrogens is 276 g/mol. The maximum atomic E-state index is 9.77. The molecule has 2 unspecified atom stereocenters. The Bertz CT molecular complexity index is 589. The normalized spacial score (nSPS) is 21.0. The summed E-state index contributed by atoms with van der Waals surface area (Å²) >= 11 is 0. The Balaban J connectivity index is 1.52. The number of rotatable bonds is 6. The second kappa shape index (κ2) is 7.40. The summed E-state index contributed by atoms with van der Waals surface area (Å²) in [5.74, 6) is 1.98. The van der Waals surface area contributed by atoms with Crippen LogP contribution in [0.1, 0.15) is 5.56 Å². The standard InChI is InChI=1S/C18H22N2O2/c21-18-13-20-12-15(18)11-19-10-14-5-4-8-17(9-14)22-16-6-2-1-3-7-16/h1-9,15,18-21H,10-13H2. The summed E-state index contributed by atoms with van der Waals surface area (Å²) in [6, 6.07) is 17.9. The van der Waals surface area contributed by atoms with E-state index in [0.717, 1.165) is 31.1 Å². The van der Waals surface area contributed by atoms with Gasteiger partial charge in [-0.15, -0.1) is 0 Å². The van der Waals surface area contributed by atoms with Gasteiger partial charge in [0.05, 0.1) is 6.10 Å². The van der Waals surface area contributed by atoms with Gasteiger partial charge in [0, 0.05) is 32.1 Å². The molecule has 0 aliphatic carbocycles. The smallest absolute Gasteiger partial charge is 0.127 e. The van der Waals surface area contributed by atoms with Crippen LogP contribution in [0.2, 0.25) is 0 Å². The first-order valence-electron chi connectivity index (χ1n) is 7.72. The van der Waals surface area contributed by atoms with Crippen LogP contribution in [-0.2, 0) is 6.54 Å². The molecule has 0 amide bonds. The number of β-amino-alcohol motifs (C(OH)–C–C–N with tert-alkyl or cyclic N) is 1. The summed E-state index contributed by atoms with van der Waals surface area (Å²) in [7, 11) is 0. The van der Waals surface area contributed by atoms with E-state index in [4.69, 9.17) is 4.74 Å². The van der Waals surface area contributed by atoms with Crippen molar-refractivity contribution in [2.45, 2.75) is 12.6 Å². The fourth-order valence-electron chi connectivity index (χ4n) is 2.67. The molecular formula is C18H22N2O2. The molecule has 0 bridgehead atoms. The van der Waals surface area contributed by atoms with Gasteiger partial charge < -0.3 is 20.5 Å². The molecule has 1 aliphatic rings. The zero-order chi connectivity index (χ0) is 15.2. The Morgan fingerprint density at radius 3 is 2.64 bits per heavy atom. The number of aliphatic hydroxyl groups is 1. The lowest BCUT2D eigenvalue weighted by Gasteiger charge is -2.14. The number of hydrogen-bond donors (Lipinski definition) is 3. The zero-order valence-corrected chi connectivity index (χ0v) is 12.5. The molecule has 2 aromatic rings. The molecule has 1 aliphatic heterocycles. The SMILES string of the molecule is OC1CNCC1CNCc1cccc(Oc2ccccc2)c1. The molecule has 116 valence electrons. The molecule has 1 saturated heterocycles. The van der Waals surface area contributed by atoms with E-state index in [-0.39, 0.29) is 6.10 Å². The second-order valence-electron chi connectivity index (χ2n) is 5.68. The molecule has 2 atom stereocenters. The molecule has 3 N–H and O–H groups in total. The Hall–Kier alpha value is -1.88. The lowest BCUT2D eigenvalue weighted by Crippen LogP contribution is -2.30. The molecule has 3 rings (SSSR count). The molecule has 0 aromatic heterocycles. The molecule has 22 heavy (non-hydrogen) atoms. The molecule has 4 heteroatoms. The average Bonchev–Trinajstić information content (AvgIpc) is 2.94. The van der Waals surface area contributed by atoms with Crippen LogP contribution in [0.3, 0.4) is 0 Å². The quantitative estimate of drug-likeness (QED) is 0.765. The minimum absolute atomic E-state index is 0.236. The van der Waals surface area contributed by atoms with E-state index in [1.807, 2.05) is 48.5 Å². The van der Waals surface area contributed by atoms with Crippen molar-refractivity contribution in [1.29, 1.82) is 0 Å². The van der Waals surface area contributed by atoms with E-state index in [1.54, 1.807) is 0 Å². The van der Waals surface area contributed by atoms with E-state index in [9.17, 15) is 5.11 Å². The maximum absolute atomic E-state index is 9.77. The molecule has 2 aromatic carbocycles. The third-order valence-corrected chi connectivity index (χ3v) is 3.92. The highest BCUT2D eigenvalue weighted by Gasteiger charge is 2.23. The molecule has 0 saturated carbocycles. The van der Waals surface area contributed by atoms with Gasteiger partial charge in [0.15, 0.2) is 0 Å². The summed E-state index contributed by atoms with van der Waals surface area (Å²) in [4.78, 5) is 0. The van der Waals surface area contributed by atoms with Gasteiger partial charge in [-0.3, -0.25) is 0 Å². The van der Waals surface area contributed by atoms with E-state index in [2.05, 4.69) is 16.7 Å². The zero-order valence-electron chi connectivity index (χ0n) is 12.5. The fourth-order valence-corrected chi connectivity index (χ4v) is 2.67. The van der Waals surface area contributed by atoms with Gasteiger partial charge in [0.25, 0.3) is 0 Å². The number of nitrogens with one attached hydrogen (secondary N) is 2. The van der Waals surface area contributed by atoms with E-state index < -0.39 is 0 Å². The van der Waals surface area contributed by atoms with Crippen molar-refractivity contribution in [1.82, 2.24) is 10.6 Å². The predicted octanol–water partition coefficient (Wildman–Crippen LogP) is 2.15. The third kappa shape index (κ3) is 4.07. The Kier molecular flexibility index (Phi) is 5.06. The van der Waals surface area contributed by atoms with Crippen LogP contribution >= 0.6 is 0 Å². The summed E-state index contributed by atoms with van der Waals surface area (Å²) in [6.07, 6.45) is -0.236.